The van der Waals surface area contributed by atoms with Crippen LogP contribution in [0.5, 0.6) is 0 Å². The van der Waals surface area contributed by atoms with E-state index >= 15 is 0 Å². The van der Waals surface area contributed by atoms with E-state index < -0.39 is 0 Å². The molecule has 6 nitrogen and oxygen atoms in total. The SMILES string of the molecule is CCn1nccc1CNc1ccc2c(c1)C(=O)NC2=O. The molecule has 0 saturated heterocycles. The molecule has 102 valence electrons. The van der Waals surface area contributed by atoms with Crippen LogP contribution in [0.15, 0.2) is 30.5 Å². The normalized spacial score (nSPS) is 13.2. The first-order chi connectivity index (χ1) is 9.69. The number of amides is 2. The zero-order chi connectivity index (χ0) is 14.1. The van der Waals surface area contributed by atoms with Gasteiger partial charge in [-0.2, -0.15) is 5.10 Å². The summed E-state index contributed by atoms with van der Waals surface area (Å²) in [6.45, 7) is 3.45. The Morgan fingerprint density at radius 3 is 2.80 bits per heavy atom. The molecule has 2 N–H and O–H groups in total. The first kappa shape index (κ1) is 12.4. The molecule has 1 aromatic carbocycles. The number of fused-ring (bicyclic) bond motifs is 1. The molecule has 2 heterocycles. The number of aromatic nitrogens is 2. The Bertz CT molecular complexity index is 690. The van der Waals surface area contributed by atoms with E-state index in [0.717, 1.165) is 17.9 Å². The largest absolute Gasteiger partial charge is 0.379 e. The Morgan fingerprint density at radius 1 is 1.20 bits per heavy atom. The Balaban J connectivity index is 1.78. The predicted molar refractivity (Wildman–Crippen MR) is 73.5 cm³/mol. The highest BCUT2D eigenvalue weighted by molar-refractivity contribution is 6.21. The summed E-state index contributed by atoms with van der Waals surface area (Å²) >= 11 is 0. The van der Waals surface area contributed by atoms with Gasteiger partial charge >= 0.3 is 0 Å². The highest BCUT2D eigenvalue weighted by Crippen LogP contribution is 2.20. The van der Waals surface area contributed by atoms with E-state index in [1.807, 2.05) is 17.7 Å². The number of carbonyl (C=O) groups excluding carboxylic acids is 2. The van der Waals surface area contributed by atoms with Gasteiger partial charge < -0.3 is 5.32 Å². The van der Waals surface area contributed by atoms with E-state index in [9.17, 15) is 9.59 Å². The van der Waals surface area contributed by atoms with Crippen LogP contribution in [0.2, 0.25) is 0 Å². The fraction of sp³-hybridized carbons (Fsp3) is 0.214. The summed E-state index contributed by atoms with van der Waals surface area (Å²) in [5.41, 5.74) is 2.72. The van der Waals surface area contributed by atoms with E-state index in [1.54, 1.807) is 24.4 Å². The Labute approximate surface area is 115 Å². The van der Waals surface area contributed by atoms with Crippen molar-refractivity contribution in [2.24, 2.45) is 0 Å². The maximum absolute atomic E-state index is 11.6. The quantitative estimate of drug-likeness (QED) is 0.823. The van der Waals surface area contributed by atoms with Gasteiger partial charge in [-0.05, 0) is 31.2 Å². The molecule has 0 atom stereocenters. The Morgan fingerprint density at radius 2 is 2.00 bits per heavy atom. The second kappa shape index (κ2) is 4.80. The summed E-state index contributed by atoms with van der Waals surface area (Å²) in [7, 11) is 0. The number of rotatable bonds is 4. The van der Waals surface area contributed by atoms with E-state index in [-0.39, 0.29) is 11.8 Å². The fourth-order valence-electron chi connectivity index (χ4n) is 2.27. The Hall–Kier alpha value is -2.63. The number of nitrogens with zero attached hydrogens (tertiary/aromatic N) is 2. The van der Waals surface area contributed by atoms with Crippen molar-refractivity contribution < 1.29 is 9.59 Å². The van der Waals surface area contributed by atoms with Crippen LogP contribution >= 0.6 is 0 Å². The van der Waals surface area contributed by atoms with Gasteiger partial charge in [-0.1, -0.05) is 0 Å². The summed E-state index contributed by atoms with van der Waals surface area (Å²) in [5, 5.41) is 9.71. The topological polar surface area (TPSA) is 76.0 Å². The first-order valence-corrected chi connectivity index (χ1v) is 6.43. The minimum Gasteiger partial charge on any atom is -0.379 e. The number of carbonyl (C=O) groups is 2. The molecule has 1 aliphatic heterocycles. The molecule has 0 bridgehead atoms. The lowest BCUT2D eigenvalue weighted by Gasteiger charge is -2.08. The average molecular weight is 270 g/mol. The van der Waals surface area contributed by atoms with Crippen LogP contribution in [0.1, 0.15) is 33.3 Å². The van der Waals surface area contributed by atoms with Crippen molar-refractivity contribution in [1.82, 2.24) is 15.1 Å². The minimum absolute atomic E-state index is 0.333. The van der Waals surface area contributed by atoms with Crippen LogP contribution in [0.25, 0.3) is 0 Å². The lowest BCUT2D eigenvalue weighted by atomic mass is 10.1. The van der Waals surface area contributed by atoms with Crippen LogP contribution < -0.4 is 10.6 Å². The minimum atomic E-state index is -0.341. The van der Waals surface area contributed by atoms with Crippen molar-refractivity contribution in [2.45, 2.75) is 20.0 Å². The maximum atomic E-state index is 11.6. The number of anilines is 1. The van der Waals surface area contributed by atoms with E-state index in [1.165, 1.54) is 0 Å². The van der Waals surface area contributed by atoms with Crippen molar-refractivity contribution in [2.75, 3.05) is 5.32 Å². The van der Waals surface area contributed by atoms with Gasteiger partial charge in [0.05, 0.1) is 23.4 Å². The van der Waals surface area contributed by atoms with E-state index in [2.05, 4.69) is 15.7 Å². The van der Waals surface area contributed by atoms with E-state index in [0.29, 0.717) is 17.7 Å². The fourth-order valence-corrected chi connectivity index (χ4v) is 2.27. The molecule has 0 fully saturated rings. The van der Waals surface area contributed by atoms with Crippen LogP contribution in [-0.2, 0) is 13.1 Å². The monoisotopic (exact) mass is 270 g/mol. The predicted octanol–water partition coefficient (Wildman–Crippen LogP) is 1.40. The van der Waals surface area contributed by atoms with Crippen molar-refractivity contribution in [3.8, 4) is 0 Å². The highest BCUT2D eigenvalue weighted by Gasteiger charge is 2.26. The molecule has 1 aromatic heterocycles. The second-order valence-electron chi connectivity index (χ2n) is 4.54. The van der Waals surface area contributed by atoms with Gasteiger partial charge in [-0.15, -0.1) is 0 Å². The zero-order valence-electron chi connectivity index (χ0n) is 11.0. The third kappa shape index (κ3) is 2.05. The molecule has 6 heteroatoms. The van der Waals surface area contributed by atoms with Crippen molar-refractivity contribution >= 4 is 17.5 Å². The lowest BCUT2D eigenvalue weighted by Crippen LogP contribution is -2.19. The molecule has 0 unspecified atom stereocenters. The first-order valence-electron chi connectivity index (χ1n) is 6.43. The smallest absolute Gasteiger partial charge is 0.259 e. The molecule has 20 heavy (non-hydrogen) atoms. The molecule has 0 spiro atoms. The maximum Gasteiger partial charge on any atom is 0.259 e. The van der Waals surface area contributed by atoms with Crippen LogP contribution in [0.4, 0.5) is 5.69 Å². The summed E-state index contributed by atoms with van der Waals surface area (Å²) in [6, 6.07) is 7.10. The Kier molecular flexibility index (Phi) is 2.98. The van der Waals surface area contributed by atoms with E-state index in [4.69, 9.17) is 0 Å². The molecule has 2 amide bonds. The number of benzene rings is 1. The third-order valence-corrected chi connectivity index (χ3v) is 3.31. The van der Waals surface area contributed by atoms with Crippen LogP contribution in [-0.4, -0.2) is 21.6 Å². The van der Waals surface area contributed by atoms with Gasteiger partial charge in [-0.25, -0.2) is 0 Å². The number of hydrogen-bond donors (Lipinski definition) is 2. The molecule has 0 aliphatic carbocycles. The number of imide groups is 1. The van der Waals surface area contributed by atoms with Gasteiger partial charge in [0.2, 0.25) is 0 Å². The zero-order valence-corrected chi connectivity index (χ0v) is 11.0. The van der Waals surface area contributed by atoms with Crippen LogP contribution in [0.3, 0.4) is 0 Å². The van der Waals surface area contributed by atoms with Gasteiger partial charge in [-0.3, -0.25) is 19.6 Å². The summed E-state index contributed by atoms with van der Waals surface area (Å²) in [6.07, 6.45) is 1.76. The molecule has 1 aliphatic rings. The third-order valence-electron chi connectivity index (χ3n) is 3.31. The van der Waals surface area contributed by atoms with Gasteiger partial charge in [0.15, 0.2) is 0 Å². The van der Waals surface area contributed by atoms with Crippen molar-refractivity contribution in [3.63, 3.8) is 0 Å². The van der Waals surface area contributed by atoms with Crippen LogP contribution in [0, 0.1) is 0 Å². The molecular formula is C14H14N4O2. The summed E-state index contributed by atoms with van der Waals surface area (Å²) in [5.74, 6) is -0.673. The molecule has 0 radical (unpaired) electrons. The average Bonchev–Trinajstić information content (AvgIpc) is 3.02. The standard InChI is InChI=1S/C14H14N4O2/c1-2-18-10(5-6-16-18)8-15-9-3-4-11-12(7-9)14(20)17-13(11)19/h3-7,15H,2,8H2,1H3,(H,17,19,20). The molecule has 0 saturated carbocycles. The van der Waals surface area contributed by atoms with Crippen molar-refractivity contribution in [1.29, 1.82) is 0 Å². The lowest BCUT2D eigenvalue weighted by molar-refractivity contribution is 0.0879. The number of hydrogen-bond acceptors (Lipinski definition) is 4. The molecule has 3 rings (SSSR count). The second-order valence-corrected chi connectivity index (χ2v) is 4.54. The van der Waals surface area contributed by atoms with Gasteiger partial charge in [0.25, 0.3) is 11.8 Å². The molecule has 2 aromatic rings. The number of nitrogens with one attached hydrogen (secondary N) is 2. The van der Waals surface area contributed by atoms with Crippen molar-refractivity contribution in [3.05, 3.63) is 47.3 Å². The molecular weight excluding hydrogens is 256 g/mol. The summed E-state index contributed by atoms with van der Waals surface area (Å²) < 4.78 is 1.90. The number of aryl methyl sites for hydroxylation is 1. The summed E-state index contributed by atoms with van der Waals surface area (Å²) in [4.78, 5) is 23.0. The van der Waals surface area contributed by atoms with Gasteiger partial charge in [0, 0.05) is 18.4 Å². The highest BCUT2D eigenvalue weighted by atomic mass is 16.2. The van der Waals surface area contributed by atoms with Gasteiger partial charge in [0.1, 0.15) is 0 Å².